The van der Waals surface area contributed by atoms with Gasteiger partial charge in [0.1, 0.15) is 6.10 Å². The van der Waals surface area contributed by atoms with Gasteiger partial charge in [0.05, 0.1) is 17.3 Å². The first-order valence-electron chi connectivity index (χ1n) is 4.73. The highest BCUT2D eigenvalue weighted by molar-refractivity contribution is 5.81. The van der Waals surface area contributed by atoms with Gasteiger partial charge in [0.15, 0.2) is 0 Å². The fraction of sp³-hybridized carbons (Fsp3) is 0.300. The van der Waals surface area contributed by atoms with Gasteiger partial charge in [0.25, 0.3) is 0 Å². The van der Waals surface area contributed by atoms with Gasteiger partial charge in [0, 0.05) is 11.9 Å². The van der Waals surface area contributed by atoms with Crippen molar-refractivity contribution in [2.45, 2.75) is 12.2 Å². The third-order valence-electron chi connectivity index (χ3n) is 2.39. The van der Waals surface area contributed by atoms with Crippen LogP contribution in [0.25, 0.3) is 10.9 Å². The topological polar surface area (TPSA) is 95.2 Å². The zero-order valence-corrected chi connectivity index (χ0v) is 8.09. The molecule has 0 aliphatic carbocycles. The lowest BCUT2D eigenvalue weighted by Gasteiger charge is -2.14. The molecule has 5 nitrogen and oxygen atoms in total. The summed E-state index contributed by atoms with van der Waals surface area (Å²) in [6.07, 6.45) is -2.00. The van der Waals surface area contributed by atoms with Gasteiger partial charge in [-0.3, -0.25) is 5.10 Å². The largest absolute Gasteiger partial charge is 0.389 e. The normalized spacial score (nSPS) is 15.4. The highest BCUT2D eigenvalue weighted by Gasteiger charge is 2.20. The molecular weight excluding hydrogens is 194 g/mol. The van der Waals surface area contributed by atoms with Crippen LogP contribution in [0, 0.1) is 0 Å². The third kappa shape index (κ3) is 1.72. The standard InChI is InChI=1S/C10H13N3O2/c11-5-8(14)10(15)9-6-3-1-2-4-7(6)12-13-9/h1-4,8,10,14-15H,5,11H2,(H,12,13). The van der Waals surface area contributed by atoms with E-state index in [1.54, 1.807) is 0 Å². The van der Waals surface area contributed by atoms with E-state index in [1.165, 1.54) is 0 Å². The number of aliphatic hydroxyl groups is 2. The van der Waals surface area contributed by atoms with Gasteiger partial charge in [-0.25, -0.2) is 0 Å². The van der Waals surface area contributed by atoms with Crippen LogP contribution in [0.4, 0.5) is 0 Å². The molecule has 0 spiro atoms. The molecule has 0 aliphatic rings. The first kappa shape index (κ1) is 10.1. The van der Waals surface area contributed by atoms with E-state index in [1.807, 2.05) is 24.3 Å². The Hall–Kier alpha value is -1.43. The smallest absolute Gasteiger partial charge is 0.123 e. The molecule has 0 saturated carbocycles. The summed E-state index contributed by atoms with van der Waals surface area (Å²) in [6, 6.07) is 7.37. The van der Waals surface area contributed by atoms with E-state index in [9.17, 15) is 10.2 Å². The monoisotopic (exact) mass is 207 g/mol. The summed E-state index contributed by atoms with van der Waals surface area (Å²) in [4.78, 5) is 0. The number of aromatic amines is 1. The van der Waals surface area contributed by atoms with Gasteiger partial charge in [0.2, 0.25) is 0 Å². The van der Waals surface area contributed by atoms with Crippen molar-refractivity contribution in [2.75, 3.05) is 6.54 Å². The van der Waals surface area contributed by atoms with Crippen molar-refractivity contribution < 1.29 is 10.2 Å². The summed E-state index contributed by atoms with van der Waals surface area (Å²) < 4.78 is 0. The van der Waals surface area contributed by atoms with Gasteiger partial charge in [-0.05, 0) is 6.07 Å². The second kappa shape index (κ2) is 3.98. The van der Waals surface area contributed by atoms with Crippen molar-refractivity contribution >= 4 is 10.9 Å². The molecule has 0 radical (unpaired) electrons. The number of benzene rings is 1. The SMILES string of the molecule is NCC(O)C(O)c1[nH]nc2ccccc12. The third-order valence-corrected chi connectivity index (χ3v) is 2.39. The maximum Gasteiger partial charge on any atom is 0.123 e. The predicted molar refractivity (Wildman–Crippen MR) is 56.1 cm³/mol. The van der Waals surface area contributed by atoms with Crippen LogP contribution in [0.5, 0.6) is 0 Å². The number of nitrogens with zero attached hydrogens (tertiary/aromatic N) is 1. The summed E-state index contributed by atoms with van der Waals surface area (Å²) in [6.45, 7) is 0.00845. The minimum absolute atomic E-state index is 0.00845. The number of aliphatic hydroxyl groups excluding tert-OH is 2. The Bertz CT molecular complexity index is 455. The summed E-state index contributed by atoms with van der Waals surface area (Å²) in [5, 5.41) is 26.7. The Labute approximate surface area is 86.5 Å². The summed E-state index contributed by atoms with van der Waals surface area (Å²) in [5.41, 5.74) is 6.54. The lowest BCUT2D eigenvalue weighted by atomic mass is 10.1. The number of hydrogen-bond donors (Lipinski definition) is 4. The molecule has 1 heterocycles. The number of nitrogens with two attached hydrogens (primary N) is 1. The number of fused-ring (bicyclic) bond motifs is 1. The second-order valence-electron chi connectivity index (χ2n) is 3.40. The number of nitrogens with one attached hydrogen (secondary N) is 1. The Kier molecular flexibility index (Phi) is 2.68. The molecule has 2 rings (SSSR count). The highest BCUT2D eigenvalue weighted by atomic mass is 16.3. The number of rotatable bonds is 3. The van der Waals surface area contributed by atoms with Crippen molar-refractivity contribution in [2.24, 2.45) is 5.73 Å². The average molecular weight is 207 g/mol. The first-order valence-corrected chi connectivity index (χ1v) is 4.73. The van der Waals surface area contributed by atoms with Crippen LogP contribution in [0.3, 0.4) is 0 Å². The molecule has 5 heteroatoms. The zero-order chi connectivity index (χ0) is 10.8. The maximum absolute atomic E-state index is 9.77. The van der Waals surface area contributed by atoms with Crippen molar-refractivity contribution in [1.82, 2.24) is 10.2 Å². The van der Waals surface area contributed by atoms with Crippen LogP contribution in [0.1, 0.15) is 11.8 Å². The molecule has 0 fully saturated rings. The second-order valence-corrected chi connectivity index (χ2v) is 3.40. The van der Waals surface area contributed by atoms with Crippen LogP contribution in [0.15, 0.2) is 24.3 Å². The van der Waals surface area contributed by atoms with Crippen LogP contribution in [-0.2, 0) is 0 Å². The van der Waals surface area contributed by atoms with E-state index in [0.717, 1.165) is 10.9 Å². The van der Waals surface area contributed by atoms with Gasteiger partial charge in [-0.2, -0.15) is 5.10 Å². The molecule has 0 saturated heterocycles. The van der Waals surface area contributed by atoms with E-state index in [2.05, 4.69) is 10.2 Å². The minimum atomic E-state index is -1.03. The van der Waals surface area contributed by atoms with Gasteiger partial charge in [-0.15, -0.1) is 0 Å². The Morgan fingerprint density at radius 3 is 2.80 bits per heavy atom. The maximum atomic E-state index is 9.77. The van der Waals surface area contributed by atoms with Crippen molar-refractivity contribution in [3.63, 3.8) is 0 Å². The van der Waals surface area contributed by atoms with Gasteiger partial charge < -0.3 is 15.9 Å². The molecule has 15 heavy (non-hydrogen) atoms. The molecule has 2 aromatic rings. The van der Waals surface area contributed by atoms with E-state index in [4.69, 9.17) is 5.73 Å². The minimum Gasteiger partial charge on any atom is -0.389 e. The van der Waals surface area contributed by atoms with Crippen molar-refractivity contribution in [1.29, 1.82) is 0 Å². The summed E-state index contributed by atoms with van der Waals surface area (Å²) >= 11 is 0. The van der Waals surface area contributed by atoms with Crippen LogP contribution < -0.4 is 5.73 Å². The first-order chi connectivity index (χ1) is 7.24. The molecule has 1 aromatic carbocycles. The van der Waals surface area contributed by atoms with Crippen molar-refractivity contribution in [3.05, 3.63) is 30.0 Å². The van der Waals surface area contributed by atoms with Gasteiger partial charge >= 0.3 is 0 Å². The summed E-state index contributed by atoms with van der Waals surface area (Å²) in [5.74, 6) is 0. The van der Waals surface area contributed by atoms with Crippen LogP contribution in [-0.4, -0.2) is 33.1 Å². The van der Waals surface area contributed by atoms with Crippen LogP contribution >= 0.6 is 0 Å². The Morgan fingerprint density at radius 1 is 1.33 bits per heavy atom. The van der Waals surface area contributed by atoms with Crippen molar-refractivity contribution in [3.8, 4) is 0 Å². The van der Waals surface area contributed by atoms with Gasteiger partial charge in [-0.1, -0.05) is 18.2 Å². The van der Waals surface area contributed by atoms with E-state index >= 15 is 0 Å². The highest BCUT2D eigenvalue weighted by Crippen LogP contribution is 2.23. The van der Waals surface area contributed by atoms with E-state index in [0.29, 0.717) is 5.69 Å². The quantitative estimate of drug-likeness (QED) is 0.566. The number of H-pyrrole nitrogens is 1. The molecule has 80 valence electrons. The number of hydrogen-bond acceptors (Lipinski definition) is 4. The lowest BCUT2D eigenvalue weighted by molar-refractivity contribution is 0.0225. The lowest BCUT2D eigenvalue weighted by Crippen LogP contribution is -2.27. The average Bonchev–Trinajstić information content (AvgIpc) is 2.70. The predicted octanol–water partition coefficient (Wildman–Crippen LogP) is -0.0841. The van der Waals surface area contributed by atoms with E-state index < -0.39 is 12.2 Å². The molecular formula is C10H13N3O2. The fourth-order valence-corrected chi connectivity index (χ4v) is 1.53. The molecule has 5 N–H and O–H groups in total. The molecule has 1 aromatic heterocycles. The molecule has 0 aliphatic heterocycles. The molecule has 2 atom stereocenters. The fourth-order valence-electron chi connectivity index (χ4n) is 1.53. The van der Waals surface area contributed by atoms with Crippen LogP contribution in [0.2, 0.25) is 0 Å². The molecule has 0 amide bonds. The molecule has 0 bridgehead atoms. The number of aromatic nitrogens is 2. The Morgan fingerprint density at radius 2 is 2.07 bits per heavy atom. The van der Waals surface area contributed by atoms with E-state index in [-0.39, 0.29) is 6.54 Å². The Balaban J connectivity index is 2.43. The molecule has 2 unspecified atom stereocenters. The number of para-hydroxylation sites is 1. The summed E-state index contributed by atoms with van der Waals surface area (Å²) in [7, 11) is 0. The zero-order valence-electron chi connectivity index (χ0n) is 8.09.